The van der Waals surface area contributed by atoms with Gasteiger partial charge in [0.05, 0.1) is 17.0 Å². The van der Waals surface area contributed by atoms with Gasteiger partial charge in [0.1, 0.15) is 11.7 Å². The lowest BCUT2D eigenvalue weighted by Gasteiger charge is -2.46. The number of anilines is 2. The van der Waals surface area contributed by atoms with E-state index in [1.54, 1.807) is 19.4 Å². The summed E-state index contributed by atoms with van der Waals surface area (Å²) < 4.78 is 33.0. The molecule has 0 saturated carbocycles. The monoisotopic (exact) mass is 485 g/mol. The number of methoxy groups -OCH3 is 1. The van der Waals surface area contributed by atoms with Crippen LogP contribution in [0.15, 0.2) is 40.6 Å². The van der Waals surface area contributed by atoms with Crippen molar-refractivity contribution in [2.45, 2.75) is 45.3 Å². The molecule has 4 rings (SSSR count). The normalized spacial score (nSPS) is 17.8. The van der Waals surface area contributed by atoms with Crippen molar-refractivity contribution < 1.29 is 18.3 Å². The average Bonchev–Trinajstić information content (AvgIpc) is 2.78. The van der Waals surface area contributed by atoms with Crippen molar-refractivity contribution in [2.75, 3.05) is 37.4 Å². The fourth-order valence-corrected chi connectivity index (χ4v) is 4.06. The molecule has 1 saturated heterocycles. The maximum absolute atomic E-state index is 13.7. The number of aliphatic imine (C=N–C) groups is 2. The third-order valence-electron chi connectivity index (χ3n) is 5.85. The predicted molar refractivity (Wildman–Crippen MR) is 131 cm³/mol. The SMILES string of the molecule is COC1(C)CN(Cc2ccc(-c3cnc(NC(C)=O)cc3NC3=NC(C(C)(F)F)=NCC3)nc2)C1. The van der Waals surface area contributed by atoms with E-state index in [-0.39, 0.29) is 18.1 Å². The number of amidine groups is 2. The molecule has 0 unspecified atom stereocenters. The molecule has 2 N–H and O–H groups in total. The largest absolute Gasteiger partial charge is 0.376 e. The summed E-state index contributed by atoms with van der Waals surface area (Å²) in [5, 5.41) is 5.77. The van der Waals surface area contributed by atoms with Crippen LogP contribution in [0.3, 0.4) is 0 Å². The van der Waals surface area contributed by atoms with Gasteiger partial charge in [-0.2, -0.15) is 8.78 Å². The molecule has 2 aromatic heterocycles. The van der Waals surface area contributed by atoms with Crippen LogP contribution in [-0.4, -0.2) is 70.7 Å². The number of amides is 1. The molecule has 11 heteroatoms. The Kier molecular flexibility index (Phi) is 6.91. The van der Waals surface area contributed by atoms with Gasteiger partial charge in [0.2, 0.25) is 5.91 Å². The molecule has 0 bridgehead atoms. The molecule has 35 heavy (non-hydrogen) atoms. The Bertz CT molecular complexity index is 1150. The lowest BCUT2D eigenvalue weighted by molar-refractivity contribution is -0.114. The van der Waals surface area contributed by atoms with Crippen molar-refractivity contribution in [3.05, 3.63) is 36.2 Å². The molecule has 0 radical (unpaired) electrons. The Morgan fingerprint density at radius 3 is 2.66 bits per heavy atom. The van der Waals surface area contributed by atoms with Crippen molar-refractivity contribution in [1.29, 1.82) is 0 Å². The number of halogens is 2. The van der Waals surface area contributed by atoms with Crippen LogP contribution in [0, 0.1) is 0 Å². The molecule has 0 spiro atoms. The summed E-state index contributed by atoms with van der Waals surface area (Å²) >= 11 is 0. The highest BCUT2D eigenvalue weighted by atomic mass is 19.3. The molecule has 1 fully saturated rings. The average molecular weight is 486 g/mol. The van der Waals surface area contributed by atoms with Crippen LogP contribution in [0.1, 0.15) is 32.8 Å². The van der Waals surface area contributed by atoms with Crippen LogP contribution in [0.2, 0.25) is 0 Å². The van der Waals surface area contributed by atoms with Crippen LogP contribution in [0.5, 0.6) is 0 Å². The first-order chi connectivity index (χ1) is 16.5. The van der Waals surface area contributed by atoms with Gasteiger partial charge in [-0.3, -0.25) is 19.7 Å². The van der Waals surface area contributed by atoms with E-state index in [0.29, 0.717) is 35.0 Å². The number of ether oxygens (including phenoxy) is 1. The number of carbonyl (C=O) groups is 1. The van der Waals surface area contributed by atoms with E-state index in [9.17, 15) is 13.6 Å². The summed E-state index contributed by atoms with van der Waals surface area (Å²) in [6.45, 7) is 6.93. The summed E-state index contributed by atoms with van der Waals surface area (Å²) in [5.41, 5.74) is 2.81. The van der Waals surface area contributed by atoms with E-state index in [0.717, 1.165) is 32.1 Å². The standard InChI is InChI=1S/C24H29F2N7O2/c1-15(34)30-21-9-19(31-20-7-8-27-22(32-20)24(3,25)26)17(11-29-21)18-6-5-16(10-28-18)12-33-13-23(2,14-33)35-4/h5-6,9-11H,7-8,12-14H2,1-4H3,(H2,27,29,30,31,32,34). The Labute approximate surface area is 202 Å². The summed E-state index contributed by atoms with van der Waals surface area (Å²) in [5.74, 6) is -3.24. The summed E-state index contributed by atoms with van der Waals surface area (Å²) in [4.78, 5) is 30.6. The number of carbonyl (C=O) groups excluding carboxylic acids is 1. The van der Waals surface area contributed by atoms with E-state index in [1.165, 1.54) is 6.92 Å². The minimum Gasteiger partial charge on any atom is -0.376 e. The second kappa shape index (κ2) is 9.74. The topological polar surface area (TPSA) is 104 Å². The first-order valence-corrected chi connectivity index (χ1v) is 11.3. The van der Waals surface area contributed by atoms with Crippen LogP contribution >= 0.6 is 0 Å². The van der Waals surface area contributed by atoms with E-state index < -0.39 is 11.8 Å². The van der Waals surface area contributed by atoms with E-state index in [4.69, 9.17) is 4.74 Å². The van der Waals surface area contributed by atoms with E-state index in [1.807, 2.05) is 18.3 Å². The van der Waals surface area contributed by atoms with Gasteiger partial charge in [-0.1, -0.05) is 6.07 Å². The Hall–Kier alpha value is -3.31. The summed E-state index contributed by atoms with van der Waals surface area (Å²) in [6, 6.07) is 5.52. The van der Waals surface area contributed by atoms with E-state index in [2.05, 4.69) is 42.4 Å². The zero-order chi connectivity index (χ0) is 25.2. The maximum atomic E-state index is 13.7. The highest BCUT2D eigenvalue weighted by Gasteiger charge is 2.38. The molecule has 2 aliphatic rings. The molecule has 0 atom stereocenters. The number of rotatable bonds is 7. The molecule has 9 nitrogen and oxygen atoms in total. The number of alkyl halides is 2. The number of nitrogens with one attached hydrogen (secondary N) is 2. The molecule has 1 amide bonds. The zero-order valence-electron chi connectivity index (χ0n) is 20.2. The van der Waals surface area contributed by atoms with Gasteiger partial charge in [-0.05, 0) is 18.6 Å². The van der Waals surface area contributed by atoms with Crippen LogP contribution < -0.4 is 10.6 Å². The summed E-state index contributed by atoms with van der Waals surface area (Å²) in [6.07, 6.45) is 3.77. The minimum atomic E-state index is -3.13. The fourth-order valence-electron chi connectivity index (χ4n) is 4.06. The first kappa shape index (κ1) is 24.8. The lowest BCUT2D eigenvalue weighted by Crippen LogP contribution is -2.60. The number of aromatic nitrogens is 2. The molecular formula is C24H29F2N7O2. The van der Waals surface area contributed by atoms with Gasteiger partial charge in [0.15, 0.2) is 5.84 Å². The van der Waals surface area contributed by atoms with Gasteiger partial charge >= 0.3 is 5.92 Å². The van der Waals surface area contributed by atoms with Gasteiger partial charge in [0.25, 0.3) is 0 Å². The van der Waals surface area contributed by atoms with Crippen LogP contribution in [0.4, 0.5) is 20.3 Å². The molecule has 186 valence electrons. The number of likely N-dealkylation sites (tertiary alicyclic amines) is 1. The smallest absolute Gasteiger partial charge is 0.303 e. The lowest BCUT2D eigenvalue weighted by atomic mass is 9.96. The van der Waals surface area contributed by atoms with E-state index >= 15 is 0 Å². The van der Waals surface area contributed by atoms with Crippen LogP contribution in [-0.2, 0) is 16.1 Å². The van der Waals surface area contributed by atoms with Gasteiger partial charge in [0, 0.05) is 77.6 Å². The molecular weight excluding hydrogens is 456 g/mol. The second-order valence-corrected chi connectivity index (χ2v) is 9.17. The van der Waals surface area contributed by atoms with Gasteiger partial charge < -0.3 is 15.4 Å². The summed E-state index contributed by atoms with van der Waals surface area (Å²) in [7, 11) is 1.73. The van der Waals surface area contributed by atoms with Crippen molar-refractivity contribution >= 4 is 29.1 Å². The van der Waals surface area contributed by atoms with Crippen molar-refractivity contribution in [2.24, 2.45) is 9.98 Å². The first-order valence-electron chi connectivity index (χ1n) is 11.3. The Morgan fingerprint density at radius 2 is 2.03 bits per heavy atom. The number of pyridine rings is 2. The predicted octanol–water partition coefficient (Wildman–Crippen LogP) is 3.59. The van der Waals surface area contributed by atoms with Gasteiger partial charge in [-0.25, -0.2) is 9.98 Å². The van der Waals surface area contributed by atoms with Crippen molar-refractivity contribution in [3.8, 4) is 11.3 Å². The number of hydrogen-bond acceptors (Lipinski definition) is 8. The molecule has 4 heterocycles. The quantitative estimate of drug-likeness (QED) is 0.621. The highest BCUT2D eigenvalue weighted by molar-refractivity contribution is 6.08. The third kappa shape index (κ3) is 6.04. The van der Waals surface area contributed by atoms with Crippen molar-refractivity contribution in [1.82, 2.24) is 14.9 Å². The molecule has 2 aromatic rings. The Morgan fingerprint density at radius 1 is 1.26 bits per heavy atom. The molecule has 2 aliphatic heterocycles. The minimum absolute atomic E-state index is 0.0938. The fraction of sp³-hybridized carbons (Fsp3) is 0.458. The number of nitrogens with zero attached hydrogens (tertiary/aromatic N) is 5. The Balaban J connectivity index is 1.57. The van der Waals surface area contributed by atoms with Gasteiger partial charge in [-0.15, -0.1) is 0 Å². The second-order valence-electron chi connectivity index (χ2n) is 9.17. The van der Waals surface area contributed by atoms with Crippen LogP contribution in [0.25, 0.3) is 11.3 Å². The highest BCUT2D eigenvalue weighted by Crippen LogP contribution is 2.30. The number of hydrogen-bond donors (Lipinski definition) is 2. The zero-order valence-corrected chi connectivity index (χ0v) is 20.2. The maximum Gasteiger partial charge on any atom is 0.303 e. The van der Waals surface area contributed by atoms with Crippen molar-refractivity contribution in [3.63, 3.8) is 0 Å². The molecule has 0 aromatic carbocycles. The third-order valence-corrected chi connectivity index (χ3v) is 5.85. The molecule has 0 aliphatic carbocycles.